The summed E-state index contributed by atoms with van der Waals surface area (Å²) in [5, 5.41) is 2.79. The molecule has 2 aromatic carbocycles. The number of nitrogens with one attached hydrogen (secondary N) is 1. The van der Waals surface area contributed by atoms with Crippen molar-refractivity contribution in [1.82, 2.24) is 14.9 Å². The standard InChI is InChI=1S/C23H27N3O3/c1-4-8-18-11-12-21(22(15-18)28-3)29-14-7-13-26-20-10-6-5-9-19(20)25-23(26)17(2)24-16-27/h4-6,8-12,15-17H,7,13-14H2,1-3H3,(H,24,27)/b8-4+. The molecule has 1 aromatic heterocycles. The first-order valence-electron chi connectivity index (χ1n) is 9.76. The molecule has 0 radical (unpaired) electrons. The van der Waals surface area contributed by atoms with E-state index in [-0.39, 0.29) is 6.04 Å². The van der Waals surface area contributed by atoms with Crippen LogP contribution in [0.2, 0.25) is 0 Å². The fourth-order valence-electron chi connectivity index (χ4n) is 3.34. The lowest BCUT2D eigenvalue weighted by atomic mass is 10.2. The monoisotopic (exact) mass is 393 g/mol. The highest BCUT2D eigenvalue weighted by atomic mass is 16.5. The molecule has 3 rings (SSSR count). The number of hydrogen-bond acceptors (Lipinski definition) is 4. The normalized spacial score (nSPS) is 12.2. The summed E-state index contributed by atoms with van der Waals surface area (Å²) < 4.78 is 13.6. The van der Waals surface area contributed by atoms with Gasteiger partial charge in [0.2, 0.25) is 6.41 Å². The fourth-order valence-corrected chi connectivity index (χ4v) is 3.34. The first-order valence-corrected chi connectivity index (χ1v) is 9.76. The average molecular weight is 393 g/mol. The first-order chi connectivity index (χ1) is 14.2. The van der Waals surface area contributed by atoms with E-state index in [1.807, 2.05) is 68.5 Å². The van der Waals surface area contributed by atoms with E-state index in [0.29, 0.717) is 13.0 Å². The number of fused-ring (bicyclic) bond motifs is 1. The summed E-state index contributed by atoms with van der Waals surface area (Å²) in [5.41, 5.74) is 3.04. The first kappa shape index (κ1) is 20.5. The van der Waals surface area contributed by atoms with E-state index in [2.05, 4.69) is 9.88 Å². The Bertz CT molecular complexity index is 994. The molecule has 1 unspecified atom stereocenters. The van der Waals surface area contributed by atoms with Crippen molar-refractivity contribution in [2.45, 2.75) is 32.9 Å². The molecule has 0 aliphatic carbocycles. The van der Waals surface area contributed by atoms with Crippen LogP contribution in [0.5, 0.6) is 11.5 Å². The van der Waals surface area contributed by atoms with Gasteiger partial charge < -0.3 is 19.4 Å². The quantitative estimate of drug-likeness (QED) is 0.411. The molecular formula is C23H27N3O3. The van der Waals surface area contributed by atoms with Gasteiger partial charge >= 0.3 is 0 Å². The van der Waals surface area contributed by atoms with Gasteiger partial charge in [-0.3, -0.25) is 4.79 Å². The van der Waals surface area contributed by atoms with Crippen molar-refractivity contribution in [2.24, 2.45) is 0 Å². The minimum atomic E-state index is -0.167. The third kappa shape index (κ3) is 4.77. The number of imidazole rings is 1. The van der Waals surface area contributed by atoms with Crippen molar-refractivity contribution in [3.8, 4) is 11.5 Å². The smallest absolute Gasteiger partial charge is 0.207 e. The van der Waals surface area contributed by atoms with E-state index in [0.717, 1.165) is 46.9 Å². The Labute approximate surface area is 171 Å². The molecule has 152 valence electrons. The van der Waals surface area contributed by atoms with E-state index in [9.17, 15) is 4.79 Å². The largest absolute Gasteiger partial charge is 0.493 e. The van der Waals surface area contributed by atoms with Crippen LogP contribution in [0.4, 0.5) is 0 Å². The Morgan fingerprint density at radius 2 is 2.03 bits per heavy atom. The van der Waals surface area contributed by atoms with E-state index < -0.39 is 0 Å². The fraction of sp³-hybridized carbons (Fsp3) is 0.304. The number of benzene rings is 2. The maximum absolute atomic E-state index is 10.9. The average Bonchev–Trinajstić information content (AvgIpc) is 3.11. The summed E-state index contributed by atoms with van der Waals surface area (Å²) >= 11 is 0. The van der Waals surface area contributed by atoms with Gasteiger partial charge in [-0.2, -0.15) is 0 Å². The minimum absolute atomic E-state index is 0.167. The molecule has 0 spiro atoms. The number of ether oxygens (including phenoxy) is 2. The highest BCUT2D eigenvalue weighted by molar-refractivity contribution is 5.76. The lowest BCUT2D eigenvalue weighted by Gasteiger charge is -2.15. The second-order valence-electron chi connectivity index (χ2n) is 6.73. The SMILES string of the molecule is C/C=C/c1ccc(OCCCn2c(C(C)NC=O)nc3ccccc32)c(OC)c1. The summed E-state index contributed by atoms with van der Waals surface area (Å²) in [6.07, 6.45) is 5.51. The summed E-state index contributed by atoms with van der Waals surface area (Å²) in [7, 11) is 1.65. The van der Waals surface area contributed by atoms with Crippen molar-refractivity contribution in [1.29, 1.82) is 0 Å². The number of allylic oxidation sites excluding steroid dienone is 1. The van der Waals surface area contributed by atoms with Crippen molar-refractivity contribution in [3.05, 3.63) is 59.9 Å². The molecule has 1 heterocycles. The van der Waals surface area contributed by atoms with Gasteiger partial charge in [-0.05, 0) is 50.1 Å². The predicted molar refractivity (Wildman–Crippen MR) is 115 cm³/mol. The van der Waals surface area contributed by atoms with E-state index >= 15 is 0 Å². The molecule has 3 aromatic rings. The van der Waals surface area contributed by atoms with Crippen molar-refractivity contribution in [3.63, 3.8) is 0 Å². The molecule has 0 saturated carbocycles. The number of hydrogen-bond donors (Lipinski definition) is 1. The maximum Gasteiger partial charge on any atom is 0.207 e. The Morgan fingerprint density at radius 3 is 2.79 bits per heavy atom. The van der Waals surface area contributed by atoms with Crippen LogP contribution < -0.4 is 14.8 Å². The van der Waals surface area contributed by atoms with Crippen LogP contribution >= 0.6 is 0 Å². The van der Waals surface area contributed by atoms with Gasteiger partial charge in [-0.15, -0.1) is 0 Å². The molecule has 1 N–H and O–H groups in total. The van der Waals surface area contributed by atoms with Gasteiger partial charge in [0.1, 0.15) is 5.82 Å². The number of aryl methyl sites for hydroxylation is 1. The number of aromatic nitrogens is 2. The van der Waals surface area contributed by atoms with Crippen LogP contribution in [-0.4, -0.2) is 29.7 Å². The molecular weight excluding hydrogens is 366 g/mol. The third-order valence-electron chi connectivity index (χ3n) is 4.72. The third-order valence-corrected chi connectivity index (χ3v) is 4.72. The second kappa shape index (κ2) is 9.78. The topological polar surface area (TPSA) is 65.4 Å². The second-order valence-corrected chi connectivity index (χ2v) is 6.73. The van der Waals surface area contributed by atoms with Crippen molar-refractivity contribution in [2.75, 3.05) is 13.7 Å². The van der Waals surface area contributed by atoms with E-state index in [4.69, 9.17) is 14.5 Å². The Morgan fingerprint density at radius 1 is 1.21 bits per heavy atom. The van der Waals surface area contributed by atoms with Gasteiger partial charge in [-0.25, -0.2) is 4.98 Å². The molecule has 0 fully saturated rings. The zero-order valence-corrected chi connectivity index (χ0v) is 17.1. The van der Waals surface area contributed by atoms with Crippen LogP contribution in [-0.2, 0) is 11.3 Å². The Kier molecular flexibility index (Phi) is 6.89. The number of carbonyl (C=O) groups excluding carboxylic acids is 1. The van der Waals surface area contributed by atoms with Crippen molar-refractivity contribution >= 4 is 23.5 Å². The highest BCUT2D eigenvalue weighted by Crippen LogP contribution is 2.29. The Hall–Kier alpha value is -3.28. The molecule has 29 heavy (non-hydrogen) atoms. The van der Waals surface area contributed by atoms with E-state index in [1.54, 1.807) is 7.11 Å². The van der Waals surface area contributed by atoms with Gasteiger partial charge in [0.05, 0.1) is 30.8 Å². The van der Waals surface area contributed by atoms with Crippen LogP contribution in [0.3, 0.4) is 0 Å². The number of methoxy groups -OCH3 is 1. The molecule has 6 heteroatoms. The zero-order chi connectivity index (χ0) is 20.6. The molecule has 1 atom stereocenters. The van der Waals surface area contributed by atoms with Gasteiger partial charge in [0.25, 0.3) is 0 Å². The number of rotatable bonds is 10. The number of carbonyl (C=O) groups is 1. The number of para-hydroxylation sites is 2. The van der Waals surface area contributed by atoms with Gasteiger partial charge in [-0.1, -0.05) is 30.4 Å². The molecule has 0 saturated heterocycles. The lowest BCUT2D eigenvalue weighted by molar-refractivity contribution is -0.110. The summed E-state index contributed by atoms with van der Waals surface area (Å²) in [4.78, 5) is 15.6. The van der Waals surface area contributed by atoms with E-state index in [1.165, 1.54) is 0 Å². The predicted octanol–water partition coefficient (Wildman–Crippen LogP) is 4.35. The number of amides is 1. The zero-order valence-electron chi connectivity index (χ0n) is 17.1. The molecule has 0 bridgehead atoms. The molecule has 0 aliphatic heterocycles. The molecule has 1 amide bonds. The Balaban J connectivity index is 1.70. The van der Waals surface area contributed by atoms with Gasteiger partial charge in [0.15, 0.2) is 11.5 Å². The highest BCUT2D eigenvalue weighted by Gasteiger charge is 2.16. The minimum Gasteiger partial charge on any atom is -0.493 e. The van der Waals surface area contributed by atoms with Crippen LogP contribution in [0, 0.1) is 0 Å². The van der Waals surface area contributed by atoms with Crippen LogP contribution in [0.15, 0.2) is 48.5 Å². The maximum atomic E-state index is 10.9. The lowest BCUT2D eigenvalue weighted by Crippen LogP contribution is -2.21. The molecule has 6 nitrogen and oxygen atoms in total. The van der Waals surface area contributed by atoms with Crippen molar-refractivity contribution < 1.29 is 14.3 Å². The summed E-state index contributed by atoms with van der Waals surface area (Å²) in [6.45, 7) is 5.19. The summed E-state index contributed by atoms with van der Waals surface area (Å²) in [5.74, 6) is 2.29. The number of nitrogens with zero attached hydrogens (tertiary/aromatic N) is 2. The van der Waals surface area contributed by atoms with Crippen LogP contribution in [0.1, 0.15) is 37.7 Å². The molecule has 0 aliphatic rings. The summed E-state index contributed by atoms with van der Waals surface area (Å²) in [6, 6.07) is 13.7. The van der Waals surface area contributed by atoms with Gasteiger partial charge in [0, 0.05) is 6.54 Å². The van der Waals surface area contributed by atoms with Crippen LogP contribution in [0.25, 0.3) is 17.1 Å².